The van der Waals surface area contributed by atoms with Gasteiger partial charge in [0.25, 0.3) is 0 Å². The van der Waals surface area contributed by atoms with Crippen LogP contribution in [0.15, 0.2) is 59.6 Å². The van der Waals surface area contributed by atoms with Gasteiger partial charge in [-0.25, -0.2) is 4.99 Å². The normalized spacial score (nSPS) is 11.3. The van der Waals surface area contributed by atoms with E-state index in [9.17, 15) is 4.79 Å². The number of nitrogens with zero attached hydrogens (tertiary/aromatic N) is 1. The molecule has 0 fully saturated rings. The van der Waals surface area contributed by atoms with Gasteiger partial charge in [-0.1, -0.05) is 48.0 Å². The lowest BCUT2D eigenvalue weighted by Crippen LogP contribution is -2.46. The van der Waals surface area contributed by atoms with Crippen LogP contribution in [-0.2, 0) is 11.3 Å². The molecule has 0 saturated carbocycles. The number of carbonyl (C=O) groups excluding carboxylic acids is 1. The third-order valence-electron chi connectivity index (χ3n) is 3.51. The Bertz CT molecular complexity index is 737. The van der Waals surface area contributed by atoms with Gasteiger partial charge < -0.3 is 16.0 Å². The van der Waals surface area contributed by atoms with E-state index in [1.165, 1.54) is 5.56 Å². The predicted octanol–water partition coefficient (Wildman–Crippen LogP) is 4.09. The number of guanidine groups is 1. The molecule has 6 heteroatoms. The summed E-state index contributed by atoms with van der Waals surface area (Å²) in [7, 11) is 0. The van der Waals surface area contributed by atoms with Crippen molar-refractivity contribution in [2.75, 3.05) is 11.9 Å². The lowest BCUT2D eigenvalue weighted by molar-refractivity contribution is -0.121. The van der Waals surface area contributed by atoms with E-state index in [0.29, 0.717) is 12.5 Å². The number of hydrogen-bond acceptors (Lipinski definition) is 2. The second kappa shape index (κ2) is 10.9. The largest absolute Gasteiger partial charge is 0.350 e. The Morgan fingerprint density at radius 2 is 1.63 bits per heavy atom. The van der Waals surface area contributed by atoms with Crippen LogP contribution in [0.5, 0.6) is 0 Å². The molecule has 0 aliphatic heterocycles. The van der Waals surface area contributed by atoms with E-state index >= 15 is 0 Å². The molecule has 3 N–H and O–H groups in total. The Balaban J connectivity index is 0.00000364. The molecule has 0 aliphatic carbocycles. The van der Waals surface area contributed by atoms with E-state index in [-0.39, 0.29) is 42.0 Å². The summed E-state index contributed by atoms with van der Waals surface area (Å²) in [4.78, 5) is 16.7. The Labute approximate surface area is 179 Å². The lowest BCUT2D eigenvalue weighted by Gasteiger charge is -2.21. The van der Waals surface area contributed by atoms with Crippen LogP contribution in [0.25, 0.3) is 0 Å². The van der Waals surface area contributed by atoms with Gasteiger partial charge in [0.1, 0.15) is 0 Å². The highest BCUT2D eigenvalue weighted by molar-refractivity contribution is 14.0. The van der Waals surface area contributed by atoms with Crippen LogP contribution in [0.1, 0.15) is 31.9 Å². The van der Waals surface area contributed by atoms with Crippen LogP contribution in [0.4, 0.5) is 5.69 Å². The number of benzene rings is 2. The van der Waals surface area contributed by atoms with Gasteiger partial charge in [-0.15, -0.1) is 24.0 Å². The number of hydrogen-bond donors (Lipinski definition) is 3. The zero-order valence-electron chi connectivity index (χ0n) is 16.4. The number of rotatable bonds is 5. The summed E-state index contributed by atoms with van der Waals surface area (Å²) in [5, 5.41) is 9.27. The van der Waals surface area contributed by atoms with Crippen molar-refractivity contribution >= 4 is 41.5 Å². The smallest absolute Gasteiger partial charge is 0.239 e. The molecule has 0 atom stereocenters. The fraction of sp³-hybridized carbons (Fsp3) is 0.333. The number of carbonyl (C=O) groups is 1. The maximum atomic E-state index is 12.1. The number of aryl methyl sites for hydroxylation is 1. The summed E-state index contributed by atoms with van der Waals surface area (Å²) in [6, 6.07) is 18.0. The van der Waals surface area contributed by atoms with Gasteiger partial charge in [-0.05, 0) is 45.4 Å². The van der Waals surface area contributed by atoms with Crippen molar-refractivity contribution in [3.8, 4) is 0 Å². The lowest BCUT2D eigenvalue weighted by atomic mass is 10.1. The first kappa shape index (κ1) is 23.0. The third kappa shape index (κ3) is 9.42. The number of anilines is 1. The molecule has 0 aromatic heterocycles. The molecule has 2 aromatic carbocycles. The Hall–Kier alpha value is -2.09. The molecular weight excluding hydrogens is 451 g/mol. The highest BCUT2D eigenvalue weighted by atomic mass is 127. The highest BCUT2D eigenvalue weighted by Gasteiger charge is 2.13. The van der Waals surface area contributed by atoms with Crippen LogP contribution < -0.4 is 16.0 Å². The van der Waals surface area contributed by atoms with Crippen molar-refractivity contribution in [1.29, 1.82) is 0 Å². The summed E-state index contributed by atoms with van der Waals surface area (Å²) < 4.78 is 0. The van der Waals surface area contributed by atoms with Crippen LogP contribution in [-0.4, -0.2) is 24.0 Å². The van der Waals surface area contributed by atoms with Gasteiger partial charge in [-0.2, -0.15) is 0 Å². The topological polar surface area (TPSA) is 65.5 Å². The quantitative estimate of drug-likeness (QED) is 0.343. The summed E-state index contributed by atoms with van der Waals surface area (Å²) in [6.45, 7) is 8.62. The van der Waals surface area contributed by atoms with Crippen molar-refractivity contribution in [1.82, 2.24) is 10.6 Å². The summed E-state index contributed by atoms with van der Waals surface area (Å²) in [5.41, 5.74) is 2.99. The number of amides is 1. The number of nitrogens with one attached hydrogen (secondary N) is 3. The molecule has 146 valence electrons. The fourth-order valence-electron chi connectivity index (χ4n) is 2.29. The van der Waals surface area contributed by atoms with E-state index in [1.54, 1.807) is 0 Å². The van der Waals surface area contributed by atoms with Crippen LogP contribution >= 0.6 is 24.0 Å². The van der Waals surface area contributed by atoms with Gasteiger partial charge in [0.05, 0.1) is 13.1 Å². The summed E-state index contributed by atoms with van der Waals surface area (Å²) in [6.07, 6.45) is 0. The van der Waals surface area contributed by atoms with Gasteiger partial charge in [-0.3, -0.25) is 4.79 Å². The predicted molar refractivity (Wildman–Crippen MR) is 124 cm³/mol. The molecule has 0 radical (unpaired) electrons. The fourth-order valence-corrected chi connectivity index (χ4v) is 2.29. The molecule has 5 nitrogen and oxygen atoms in total. The molecule has 0 unspecified atom stereocenters. The van der Waals surface area contributed by atoms with Crippen molar-refractivity contribution in [2.24, 2.45) is 4.99 Å². The van der Waals surface area contributed by atoms with Gasteiger partial charge >= 0.3 is 0 Å². The van der Waals surface area contributed by atoms with Crippen molar-refractivity contribution in [3.05, 3.63) is 65.7 Å². The molecule has 0 aliphatic rings. The standard InChI is InChI=1S/C21H28N4O.HI/c1-16-10-12-17(13-11-16)14-22-20(24-18-8-6-5-7-9-18)23-15-19(26)25-21(2,3)4;/h5-13H,14-15H2,1-4H3,(H,25,26)(H2,22,23,24);1H. The van der Waals surface area contributed by atoms with Crippen molar-refractivity contribution < 1.29 is 4.79 Å². The van der Waals surface area contributed by atoms with Crippen molar-refractivity contribution in [2.45, 2.75) is 39.8 Å². The van der Waals surface area contributed by atoms with E-state index < -0.39 is 0 Å². The van der Waals surface area contributed by atoms with E-state index in [1.807, 2.05) is 51.1 Å². The molecule has 0 heterocycles. The minimum Gasteiger partial charge on any atom is -0.350 e. The Kier molecular flexibility index (Phi) is 9.28. The first-order valence-corrected chi connectivity index (χ1v) is 8.79. The first-order valence-electron chi connectivity index (χ1n) is 8.79. The zero-order valence-corrected chi connectivity index (χ0v) is 18.7. The van der Waals surface area contributed by atoms with E-state index in [0.717, 1.165) is 11.3 Å². The van der Waals surface area contributed by atoms with Crippen LogP contribution in [0, 0.1) is 6.92 Å². The minimum atomic E-state index is -0.259. The molecule has 27 heavy (non-hydrogen) atoms. The number of aliphatic imine (C=N–C) groups is 1. The Morgan fingerprint density at radius 3 is 2.22 bits per heavy atom. The Morgan fingerprint density at radius 1 is 1.00 bits per heavy atom. The molecule has 2 rings (SSSR count). The average Bonchev–Trinajstić information content (AvgIpc) is 2.58. The molecular formula is C21H29IN4O. The SMILES string of the molecule is Cc1ccc(CN=C(NCC(=O)NC(C)(C)C)Nc2ccccc2)cc1.I. The molecule has 2 aromatic rings. The number of para-hydroxylation sites is 1. The van der Waals surface area contributed by atoms with Gasteiger partial charge in [0.2, 0.25) is 5.91 Å². The summed E-state index contributed by atoms with van der Waals surface area (Å²) >= 11 is 0. The van der Waals surface area contributed by atoms with Crippen LogP contribution in [0.3, 0.4) is 0 Å². The van der Waals surface area contributed by atoms with E-state index in [2.05, 4.69) is 52.1 Å². The highest BCUT2D eigenvalue weighted by Crippen LogP contribution is 2.07. The number of halogens is 1. The van der Waals surface area contributed by atoms with Crippen molar-refractivity contribution in [3.63, 3.8) is 0 Å². The first-order chi connectivity index (χ1) is 12.3. The summed E-state index contributed by atoms with van der Waals surface area (Å²) in [5.74, 6) is 0.497. The average molecular weight is 480 g/mol. The molecule has 0 spiro atoms. The minimum absolute atomic E-state index is 0. The monoisotopic (exact) mass is 480 g/mol. The van der Waals surface area contributed by atoms with Gasteiger partial charge in [0.15, 0.2) is 5.96 Å². The molecule has 0 bridgehead atoms. The second-order valence-electron chi connectivity index (χ2n) is 7.29. The molecule has 0 saturated heterocycles. The second-order valence-corrected chi connectivity index (χ2v) is 7.29. The maximum Gasteiger partial charge on any atom is 0.239 e. The van der Waals surface area contributed by atoms with Crippen LogP contribution in [0.2, 0.25) is 0 Å². The maximum absolute atomic E-state index is 12.1. The van der Waals surface area contributed by atoms with Gasteiger partial charge in [0, 0.05) is 11.2 Å². The zero-order chi connectivity index (χ0) is 19.0. The third-order valence-corrected chi connectivity index (χ3v) is 3.51. The van der Waals surface area contributed by atoms with E-state index in [4.69, 9.17) is 0 Å². The molecule has 1 amide bonds.